The molecule has 1 amide bonds. The molecule has 0 aromatic heterocycles. The van der Waals surface area contributed by atoms with Gasteiger partial charge in [-0.25, -0.2) is 0 Å². The monoisotopic (exact) mass is 341 g/mol. The van der Waals surface area contributed by atoms with Crippen LogP contribution in [0.2, 0.25) is 0 Å². The molecule has 0 bridgehead atoms. The number of rotatable bonds is 5. The molecule has 1 heterocycles. The molecule has 0 aliphatic carbocycles. The minimum Gasteiger partial charge on any atom is -0.396 e. The van der Waals surface area contributed by atoms with Gasteiger partial charge in [0.15, 0.2) is 0 Å². The van der Waals surface area contributed by atoms with Crippen molar-refractivity contribution in [1.29, 1.82) is 0 Å². The summed E-state index contributed by atoms with van der Waals surface area (Å²) in [5.74, 6) is -0.0846. The van der Waals surface area contributed by atoms with Crippen molar-refractivity contribution >= 4 is 21.8 Å². The Morgan fingerprint density at radius 1 is 1.50 bits per heavy atom. The molecule has 1 aromatic carbocycles. The van der Waals surface area contributed by atoms with Crippen LogP contribution in [0.5, 0.6) is 0 Å². The molecule has 1 atom stereocenters. The topological polar surface area (TPSA) is 58.6 Å². The first-order valence-electron chi connectivity index (χ1n) is 6.79. The maximum absolute atomic E-state index is 12.2. The molecule has 1 aliphatic heterocycles. The normalized spacial score (nSPS) is 21.9. The number of halogens is 1. The van der Waals surface area contributed by atoms with Gasteiger partial charge in [-0.15, -0.1) is 0 Å². The van der Waals surface area contributed by atoms with Crippen LogP contribution in [0.1, 0.15) is 28.8 Å². The summed E-state index contributed by atoms with van der Waals surface area (Å²) in [6.45, 7) is 3.92. The van der Waals surface area contributed by atoms with E-state index in [1.54, 1.807) is 0 Å². The molecule has 0 saturated carbocycles. The van der Waals surface area contributed by atoms with Crippen molar-refractivity contribution in [3.8, 4) is 0 Å². The average Bonchev–Trinajstić information content (AvgIpc) is 2.84. The number of carbonyl (C=O) groups excluding carboxylic acids is 1. The molecule has 0 spiro atoms. The molecule has 4 nitrogen and oxygen atoms in total. The second-order valence-electron chi connectivity index (χ2n) is 5.48. The zero-order valence-electron chi connectivity index (χ0n) is 11.6. The summed E-state index contributed by atoms with van der Waals surface area (Å²) >= 11 is 3.40. The Hall–Kier alpha value is -0.910. The lowest BCUT2D eigenvalue weighted by atomic mass is 9.84. The minimum absolute atomic E-state index is 0.0846. The third-order valence-electron chi connectivity index (χ3n) is 3.76. The van der Waals surface area contributed by atoms with Crippen molar-refractivity contribution in [3.05, 3.63) is 33.8 Å². The number of amides is 1. The second kappa shape index (κ2) is 6.70. The van der Waals surface area contributed by atoms with Crippen LogP contribution in [0.4, 0.5) is 0 Å². The SMILES string of the molecule is Cc1cc(Br)cc(C(=O)NC[C@@]2(CCO)CCOC2)c1. The lowest BCUT2D eigenvalue weighted by molar-refractivity contribution is 0.0889. The van der Waals surface area contributed by atoms with Gasteiger partial charge in [0, 0.05) is 35.2 Å². The third kappa shape index (κ3) is 3.81. The van der Waals surface area contributed by atoms with Gasteiger partial charge in [-0.3, -0.25) is 4.79 Å². The van der Waals surface area contributed by atoms with E-state index < -0.39 is 0 Å². The van der Waals surface area contributed by atoms with E-state index in [2.05, 4.69) is 21.2 Å². The summed E-state index contributed by atoms with van der Waals surface area (Å²) in [5.41, 5.74) is 1.57. The van der Waals surface area contributed by atoms with Crippen LogP contribution >= 0.6 is 15.9 Å². The van der Waals surface area contributed by atoms with Gasteiger partial charge < -0.3 is 15.2 Å². The Bertz CT molecular complexity index is 464. The van der Waals surface area contributed by atoms with Crippen molar-refractivity contribution in [2.45, 2.75) is 19.8 Å². The van der Waals surface area contributed by atoms with Crippen molar-refractivity contribution in [2.75, 3.05) is 26.4 Å². The predicted octanol–water partition coefficient (Wildman–Crippen LogP) is 2.28. The fraction of sp³-hybridized carbons (Fsp3) is 0.533. The lowest BCUT2D eigenvalue weighted by Crippen LogP contribution is -2.38. The molecule has 1 fully saturated rings. The van der Waals surface area contributed by atoms with Gasteiger partial charge in [-0.2, -0.15) is 0 Å². The predicted molar refractivity (Wildman–Crippen MR) is 80.8 cm³/mol. The highest BCUT2D eigenvalue weighted by atomic mass is 79.9. The highest BCUT2D eigenvalue weighted by Gasteiger charge is 2.34. The number of aryl methyl sites for hydroxylation is 1. The first-order chi connectivity index (χ1) is 9.54. The number of benzene rings is 1. The van der Waals surface area contributed by atoms with E-state index in [1.165, 1.54) is 0 Å². The molecule has 1 aromatic rings. The molecule has 110 valence electrons. The summed E-state index contributed by atoms with van der Waals surface area (Å²) < 4.78 is 6.32. The first kappa shape index (κ1) is 15.5. The van der Waals surface area contributed by atoms with Crippen LogP contribution in [0.3, 0.4) is 0 Å². The van der Waals surface area contributed by atoms with Crippen LogP contribution in [-0.2, 0) is 4.74 Å². The Morgan fingerprint density at radius 3 is 2.90 bits per heavy atom. The van der Waals surface area contributed by atoms with E-state index in [-0.39, 0.29) is 17.9 Å². The molecule has 2 rings (SSSR count). The molecular formula is C15H20BrNO3. The van der Waals surface area contributed by atoms with Crippen LogP contribution < -0.4 is 5.32 Å². The molecule has 0 unspecified atom stereocenters. The molecule has 0 radical (unpaired) electrons. The van der Waals surface area contributed by atoms with Gasteiger partial charge in [0.25, 0.3) is 5.91 Å². The quantitative estimate of drug-likeness (QED) is 0.863. The van der Waals surface area contributed by atoms with E-state index in [1.807, 2.05) is 25.1 Å². The van der Waals surface area contributed by atoms with Crippen molar-refractivity contribution in [3.63, 3.8) is 0 Å². The van der Waals surface area contributed by atoms with E-state index in [0.29, 0.717) is 31.7 Å². The van der Waals surface area contributed by atoms with Gasteiger partial charge in [0.05, 0.1) is 6.61 Å². The Kier molecular flexibility index (Phi) is 5.18. The van der Waals surface area contributed by atoms with Gasteiger partial charge in [-0.1, -0.05) is 15.9 Å². The highest BCUT2D eigenvalue weighted by molar-refractivity contribution is 9.10. The zero-order valence-corrected chi connectivity index (χ0v) is 13.2. The smallest absolute Gasteiger partial charge is 0.251 e. The highest BCUT2D eigenvalue weighted by Crippen LogP contribution is 2.31. The maximum Gasteiger partial charge on any atom is 0.251 e. The number of aliphatic hydroxyl groups is 1. The maximum atomic E-state index is 12.2. The molecule has 2 N–H and O–H groups in total. The summed E-state index contributed by atoms with van der Waals surface area (Å²) in [6.07, 6.45) is 1.54. The van der Waals surface area contributed by atoms with E-state index in [9.17, 15) is 9.90 Å². The lowest BCUT2D eigenvalue weighted by Gasteiger charge is -2.26. The number of carbonyl (C=O) groups is 1. The van der Waals surface area contributed by atoms with Crippen molar-refractivity contribution < 1.29 is 14.6 Å². The average molecular weight is 342 g/mol. The Morgan fingerprint density at radius 2 is 2.30 bits per heavy atom. The van der Waals surface area contributed by atoms with Gasteiger partial charge in [-0.05, 0) is 43.5 Å². The number of ether oxygens (including phenoxy) is 1. The molecule has 1 aliphatic rings. The van der Waals surface area contributed by atoms with Crippen LogP contribution in [0.15, 0.2) is 22.7 Å². The summed E-state index contributed by atoms with van der Waals surface area (Å²) in [7, 11) is 0. The first-order valence-corrected chi connectivity index (χ1v) is 7.58. The Labute approximate surface area is 127 Å². The summed E-state index contributed by atoms with van der Waals surface area (Å²) in [4.78, 5) is 12.2. The van der Waals surface area contributed by atoms with E-state index in [0.717, 1.165) is 16.5 Å². The number of hydrogen-bond acceptors (Lipinski definition) is 3. The minimum atomic E-state index is -0.120. The van der Waals surface area contributed by atoms with Gasteiger partial charge in [0.1, 0.15) is 0 Å². The van der Waals surface area contributed by atoms with Gasteiger partial charge >= 0.3 is 0 Å². The largest absolute Gasteiger partial charge is 0.396 e. The summed E-state index contributed by atoms with van der Waals surface area (Å²) in [6, 6.07) is 5.64. The number of hydrogen-bond donors (Lipinski definition) is 2. The second-order valence-corrected chi connectivity index (χ2v) is 6.39. The van der Waals surface area contributed by atoms with E-state index >= 15 is 0 Å². The van der Waals surface area contributed by atoms with Crippen LogP contribution in [0.25, 0.3) is 0 Å². The molecule has 20 heavy (non-hydrogen) atoms. The molecular weight excluding hydrogens is 322 g/mol. The van der Waals surface area contributed by atoms with Crippen molar-refractivity contribution in [1.82, 2.24) is 5.32 Å². The zero-order chi connectivity index (χ0) is 14.6. The Balaban J connectivity index is 2.00. The molecule has 5 heteroatoms. The van der Waals surface area contributed by atoms with Gasteiger partial charge in [0.2, 0.25) is 0 Å². The van der Waals surface area contributed by atoms with Crippen LogP contribution in [0, 0.1) is 12.3 Å². The fourth-order valence-electron chi connectivity index (χ4n) is 2.55. The van der Waals surface area contributed by atoms with E-state index in [4.69, 9.17) is 4.74 Å². The third-order valence-corrected chi connectivity index (χ3v) is 4.21. The molecule has 1 saturated heterocycles. The van der Waals surface area contributed by atoms with Crippen LogP contribution in [-0.4, -0.2) is 37.4 Å². The standard InChI is InChI=1S/C15H20BrNO3/c1-11-6-12(8-13(16)7-11)14(19)17-9-15(2-4-18)3-5-20-10-15/h6-8,18H,2-5,9-10H2,1H3,(H,17,19)/t15-/m1/s1. The fourth-order valence-corrected chi connectivity index (χ4v) is 3.16. The van der Waals surface area contributed by atoms with Crippen molar-refractivity contribution in [2.24, 2.45) is 5.41 Å². The summed E-state index contributed by atoms with van der Waals surface area (Å²) in [5, 5.41) is 12.1. The number of aliphatic hydroxyl groups excluding tert-OH is 1. The number of nitrogens with one attached hydrogen (secondary N) is 1.